The summed E-state index contributed by atoms with van der Waals surface area (Å²) in [6.07, 6.45) is 1.51. The Hall–Kier alpha value is -3.22. The summed E-state index contributed by atoms with van der Waals surface area (Å²) in [4.78, 5) is 12.0. The second-order valence-corrected chi connectivity index (χ2v) is 5.33. The molecule has 0 unspecified atom stereocenters. The molecule has 122 valence electrons. The predicted octanol–water partition coefficient (Wildman–Crippen LogP) is 2.30. The van der Waals surface area contributed by atoms with Gasteiger partial charge in [-0.1, -0.05) is 12.1 Å². The minimum Gasteiger partial charge on any atom is -0.484 e. The molecule has 0 fully saturated rings. The first-order valence-electron chi connectivity index (χ1n) is 7.46. The Morgan fingerprint density at radius 2 is 1.96 bits per heavy atom. The van der Waals surface area contributed by atoms with Crippen LogP contribution in [0.2, 0.25) is 0 Å². The van der Waals surface area contributed by atoms with Crippen molar-refractivity contribution in [3.05, 3.63) is 59.9 Å². The maximum atomic E-state index is 12.0. The van der Waals surface area contributed by atoms with Gasteiger partial charge in [0.15, 0.2) is 6.61 Å². The number of carbonyl (C=O) groups excluding carboxylic acids is 1. The number of aromatic nitrogens is 4. The Labute approximate surface area is 139 Å². The van der Waals surface area contributed by atoms with Crippen molar-refractivity contribution in [2.75, 3.05) is 11.9 Å². The van der Waals surface area contributed by atoms with Crippen molar-refractivity contribution in [3.63, 3.8) is 0 Å². The van der Waals surface area contributed by atoms with Crippen LogP contribution in [0.4, 0.5) is 5.69 Å². The molecule has 0 spiro atoms. The topological polar surface area (TPSA) is 81.9 Å². The van der Waals surface area contributed by atoms with Crippen LogP contribution >= 0.6 is 0 Å². The molecule has 1 amide bonds. The van der Waals surface area contributed by atoms with Gasteiger partial charge < -0.3 is 10.1 Å². The SMILES string of the molecule is Cc1cccc(NC(=O)COc2ccc(-n3cnnn3)cc2)c1C. The standard InChI is InChI=1S/C17H17N5O2/c1-12-4-3-5-16(13(12)2)19-17(23)10-24-15-8-6-14(7-9-15)22-11-18-20-21-22/h3-9,11H,10H2,1-2H3,(H,19,23). The third-order valence-corrected chi connectivity index (χ3v) is 3.70. The first-order valence-corrected chi connectivity index (χ1v) is 7.46. The molecule has 0 aliphatic rings. The van der Waals surface area contributed by atoms with Crippen LogP contribution in [0, 0.1) is 13.8 Å². The molecule has 7 nitrogen and oxygen atoms in total. The van der Waals surface area contributed by atoms with Crippen LogP contribution in [-0.4, -0.2) is 32.7 Å². The number of carbonyl (C=O) groups is 1. The predicted molar refractivity (Wildman–Crippen MR) is 89.2 cm³/mol. The molecule has 0 saturated carbocycles. The van der Waals surface area contributed by atoms with E-state index in [4.69, 9.17) is 4.74 Å². The van der Waals surface area contributed by atoms with Gasteiger partial charge in [-0.05, 0) is 65.7 Å². The summed E-state index contributed by atoms with van der Waals surface area (Å²) in [5.74, 6) is 0.399. The number of rotatable bonds is 5. The summed E-state index contributed by atoms with van der Waals surface area (Å²) in [6, 6.07) is 13.0. The molecular formula is C17H17N5O2. The fourth-order valence-corrected chi connectivity index (χ4v) is 2.20. The lowest BCUT2D eigenvalue weighted by molar-refractivity contribution is -0.118. The Bertz CT molecular complexity index is 829. The van der Waals surface area contributed by atoms with Gasteiger partial charge in [-0.3, -0.25) is 4.79 Å². The molecule has 0 aliphatic carbocycles. The number of nitrogens with zero attached hydrogens (tertiary/aromatic N) is 4. The highest BCUT2D eigenvalue weighted by Crippen LogP contribution is 2.18. The largest absolute Gasteiger partial charge is 0.484 e. The van der Waals surface area contributed by atoms with E-state index in [2.05, 4.69) is 20.8 Å². The lowest BCUT2D eigenvalue weighted by Gasteiger charge is -2.11. The molecule has 1 N–H and O–H groups in total. The van der Waals surface area contributed by atoms with Crippen molar-refractivity contribution in [2.45, 2.75) is 13.8 Å². The van der Waals surface area contributed by atoms with E-state index in [0.29, 0.717) is 5.75 Å². The third-order valence-electron chi connectivity index (χ3n) is 3.70. The van der Waals surface area contributed by atoms with Gasteiger partial charge in [0.25, 0.3) is 5.91 Å². The van der Waals surface area contributed by atoms with Crippen LogP contribution in [0.5, 0.6) is 5.75 Å². The Morgan fingerprint density at radius 3 is 2.67 bits per heavy atom. The van der Waals surface area contributed by atoms with Gasteiger partial charge in [-0.2, -0.15) is 0 Å². The zero-order valence-electron chi connectivity index (χ0n) is 13.4. The Morgan fingerprint density at radius 1 is 1.17 bits per heavy atom. The lowest BCUT2D eigenvalue weighted by Crippen LogP contribution is -2.20. The molecule has 3 aromatic rings. The first kappa shape index (κ1) is 15.7. The van der Waals surface area contributed by atoms with Gasteiger partial charge >= 0.3 is 0 Å². The maximum Gasteiger partial charge on any atom is 0.262 e. The molecule has 3 rings (SSSR count). The molecule has 0 saturated heterocycles. The molecule has 0 bridgehead atoms. The van der Waals surface area contributed by atoms with Crippen molar-refractivity contribution in [3.8, 4) is 11.4 Å². The zero-order chi connectivity index (χ0) is 16.9. The van der Waals surface area contributed by atoms with E-state index in [1.54, 1.807) is 12.1 Å². The van der Waals surface area contributed by atoms with Crippen molar-refractivity contribution in [1.29, 1.82) is 0 Å². The number of amides is 1. The number of tetrazole rings is 1. The lowest BCUT2D eigenvalue weighted by atomic mass is 10.1. The van der Waals surface area contributed by atoms with Crippen LogP contribution in [0.1, 0.15) is 11.1 Å². The zero-order valence-corrected chi connectivity index (χ0v) is 13.4. The normalized spacial score (nSPS) is 10.4. The summed E-state index contributed by atoms with van der Waals surface area (Å²) < 4.78 is 7.05. The van der Waals surface area contributed by atoms with Gasteiger partial charge in [0, 0.05) is 5.69 Å². The molecule has 0 radical (unpaired) electrons. The van der Waals surface area contributed by atoms with E-state index < -0.39 is 0 Å². The van der Waals surface area contributed by atoms with Gasteiger partial charge in [-0.15, -0.1) is 5.10 Å². The van der Waals surface area contributed by atoms with E-state index in [0.717, 1.165) is 22.5 Å². The van der Waals surface area contributed by atoms with Gasteiger partial charge in [0.1, 0.15) is 12.1 Å². The third kappa shape index (κ3) is 3.57. The summed E-state index contributed by atoms with van der Waals surface area (Å²) in [5, 5.41) is 13.8. The monoisotopic (exact) mass is 323 g/mol. The quantitative estimate of drug-likeness (QED) is 0.779. The summed E-state index contributed by atoms with van der Waals surface area (Å²) >= 11 is 0. The molecular weight excluding hydrogens is 306 g/mol. The van der Waals surface area contributed by atoms with Gasteiger partial charge in [-0.25, -0.2) is 4.68 Å². The van der Waals surface area contributed by atoms with Gasteiger partial charge in [0.2, 0.25) is 0 Å². The van der Waals surface area contributed by atoms with E-state index in [-0.39, 0.29) is 12.5 Å². The van der Waals surface area contributed by atoms with Gasteiger partial charge in [0.05, 0.1) is 5.69 Å². The number of anilines is 1. The second kappa shape index (κ2) is 6.91. The summed E-state index contributed by atoms with van der Waals surface area (Å²) in [6.45, 7) is 3.93. The Kier molecular flexibility index (Phi) is 4.51. The molecule has 0 aliphatic heterocycles. The minimum atomic E-state index is -0.201. The molecule has 1 aromatic heterocycles. The van der Waals surface area contributed by atoms with E-state index in [1.807, 2.05) is 44.2 Å². The summed E-state index contributed by atoms with van der Waals surface area (Å²) in [5.41, 5.74) is 3.80. The van der Waals surface area contributed by atoms with Crippen molar-refractivity contribution >= 4 is 11.6 Å². The molecule has 24 heavy (non-hydrogen) atoms. The highest BCUT2D eigenvalue weighted by molar-refractivity contribution is 5.92. The number of hydrogen-bond donors (Lipinski definition) is 1. The van der Waals surface area contributed by atoms with Crippen LogP contribution < -0.4 is 10.1 Å². The number of benzene rings is 2. The van der Waals surface area contributed by atoms with E-state index in [1.165, 1.54) is 11.0 Å². The number of aryl methyl sites for hydroxylation is 1. The minimum absolute atomic E-state index is 0.0579. The number of ether oxygens (including phenoxy) is 1. The Balaban J connectivity index is 1.57. The molecule has 0 atom stereocenters. The average Bonchev–Trinajstić information content (AvgIpc) is 3.12. The van der Waals surface area contributed by atoms with Crippen LogP contribution in [0.3, 0.4) is 0 Å². The second-order valence-electron chi connectivity index (χ2n) is 5.33. The maximum absolute atomic E-state index is 12.0. The number of hydrogen-bond acceptors (Lipinski definition) is 5. The van der Waals surface area contributed by atoms with Crippen LogP contribution in [-0.2, 0) is 4.79 Å². The van der Waals surface area contributed by atoms with E-state index in [9.17, 15) is 4.79 Å². The van der Waals surface area contributed by atoms with Crippen molar-refractivity contribution < 1.29 is 9.53 Å². The summed E-state index contributed by atoms with van der Waals surface area (Å²) in [7, 11) is 0. The highest BCUT2D eigenvalue weighted by Gasteiger charge is 2.07. The first-order chi connectivity index (χ1) is 11.6. The van der Waals surface area contributed by atoms with Crippen LogP contribution in [0.15, 0.2) is 48.8 Å². The molecule has 2 aromatic carbocycles. The fourth-order valence-electron chi connectivity index (χ4n) is 2.20. The molecule has 7 heteroatoms. The molecule has 1 heterocycles. The van der Waals surface area contributed by atoms with Crippen molar-refractivity contribution in [1.82, 2.24) is 20.2 Å². The van der Waals surface area contributed by atoms with Crippen molar-refractivity contribution in [2.24, 2.45) is 0 Å². The fraction of sp³-hybridized carbons (Fsp3) is 0.176. The van der Waals surface area contributed by atoms with E-state index >= 15 is 0 Å². The number of nitrogens with one attached hydrogen (secondary N) is 1. The van der Waals surface area contributed by atoms with Crippen LogP contribution in [0.25, 0.3) is 5.69 Å². The highest BCUT2D eigenvalue weighted by atomic mass is 16.5. The average molecular weight is 323 g/mol. The smallest absolute Gasteiger partial charge is 0.262 e.